The number of nitrogens with one attached hydrogen (secondary N) is 2. The van der Waals surface area contributed by atoms with E-state index in [0.717, 1.165) is 24.1 Å². The van der Waals surface area contributed by atoms with E-state index >= 15 is 0 Å². The van der Waals surface area contributed by atoms with Gasteiger partial charge in [-0.3, -0.25) is 4.79 Å². The lowest BCUT2D eigenvalue weighted by molar-refractivity contribution is 0.0945. The van der Waals surface area contributed by atoms with E-state index in [-0.39, 0.29) is 5.91 Å². The highest BCUT2D eigenvalue weighted by atomic mass is 16.5. The van der Waals surface area contributed by atoms with Crippen molar-refractivity contribution in [3.8, 4) is 0 Å². The Balaban J connectivity index is 1.90. The fourth-order valence-corrected chi connectivity index (χ4v) is 2.09. The number of aromatic nitrogens is 2. The summed E-state index contributed by atoms with van der Waals surface area (Å²) in [5, 5.41) is 6.03. The van der Waals surface area contributed by atoms with Crippen LogP contribution in [-0.2, 0) is 11.3 Å². The first-order valence-electron chi connectivity index (χ1n) is 7.58. The fourth-order valence-electron chi connectivity index (χ4n) is 2.09. The fraction of sp³-hybridized carbons (Fsp3) is 0.353. The molecule has 0 aliphatic heterocycles. The van der Waals surface area contributed by atoms with Crippen molar-refractivity contribution in [3.05, 3.63) is 53.5 Å². The highest BCUT2D eigenvalue weighted by Gasteiger charge is 2.09. The van der Waals surface area contributed by atoms with Crippen LogP contribution in [0, 0.1) is 6.92 Å². The van der Waals surface area contributed by atoms with Gasteiger partial charge in [-0.25, -0.2) is 9.97 Å². The van der Waals surface area contributed by atoms with Crippen LogP contribution in [0.4, 0.5) is 5.82 Å². The minimum atomic E-state index is -0.212. The zero-order valence-corrected chi connectivity index (χ0v) is 13.5. The third kappa shape index (κ3) is 5.34. The van der Waals surface area contributed by atoms with E-state index < -0.39 is 0 Å². The van der Waals surface area contributed by atoms with Gasteiger partial charge in [-0.15, -0.1) is 0 Å². The molecule has 0 fully saturated rings. The molecular weight excluding hydrogens is 292 g/mol. The number of carbonyl (C=O) groups excluding carboxylic acids is 1. The Morgan fingerprint density at radius 1 is 1.26 bits per heavy atom. The highest BCUT2D eigenvalue weighted by molar-refractivity contribution is 5.92. The van der Waals surface area contributed by atoms with E-state index in [4.69, 9.17) is 4.74 Å². The molecular formula is C17H22N4O2. The minimum absolute atomic E-state index is 0.212. The number of rotatable bonds is 8. The molecule has 6 nitrogen and oxygen atoms in total. The average Bonchev–Trinajstić information content (AvgIpc) is 2.58. The van der Waals surface area contributed by atoms with E-state index in [1.165, 1.54) is 6.33 Å². The monoisotopic (exact) mass is 314 g/mol. The van der Waals surface area contributed by atoms with Crippen molar-refractivity contribution in [2.24, 2.45) is 0 Å². The Hall–Kier alpha value is -2.47. The summed E-state index contributed by atoms with van der Waals surface area (Å²) >= 11 is 0. The van der Waals surface area contributed by atoms with Crippen LogP contribution in [-0.4, -0.2) is 36.1 Å². The van der Waals surface area contributed by atoms with Gasteiger partial charge in [0.05, 0.1) is 0 Å². The van der Waals surface area contributed by atoms with Gasteiger partial charge < -0.3 is 15.4 Å². The number of methoxy groups -OCH3 is 1. The van der Waals surface area contributed by atoms with Crippen molar-refractivity contribution in [2.45, 2.75) is 19.9 Å². The zero-order chi connectivity index (χ0) is 16.5. The summed E-state index contributed by atoms with van der Waals surface area (Å²) in [6, 6.07) is 9.61. The quantitative estimate of drug-likeness (QED) is 0.730. The normalized spacial score (nSPS) is 10.3. The van der Waals surface area contributed by atoms with Crippen LogP contribution in [0.25, 0.3) is 0 Å². The number of amides is 1. The standard InChI is InChI=1S/C17H22N4O2/c1-13-6-3-4-7-14(13)11-19-17(22)15-10-16(21-12-20-15)18-8-5-9-23-2/h3-4,6-7,10,12H,5,8-9,11H2,1-2H3,(H,19,22)(H,18,20,21). The average molecular weight is 314 g/mol. The van der Waals surface area contributed by atoms with Gasteiger partial charge in [0.25, 0.3) is 5.91 Å². The van der Waals surface area contributed by atoms with Gasteiger partial charge in [0.2, 0.25) is 0 Å². The predicted octanol–water partition coefficient (Wildman–Crippen LogP) is 2.16. The summed E-state index contributed by atoms with van der Waals surface area (Å²) in [6.07, 6.45) is 2.26. The number of nitrogens with zero attached hydrogens (tertiary/aromatic N) is 2. The van der Waals surface area contributed by atoms with E-state index in [9.17, 15) is 4.79 Å². The number of hydrogen-bond donors (Lipinski definition) is 2. The molecule has 1 heterocycles. The molecule has 0 saturated carbocycles. The molecule has 1 aromatic carbocycles. The van der Waals surface area contributed by atoms with Crippen molar-refractivity contribution in [1.29, 1.82) is 0 Å². The third-order valence-corrected chi connectivity index (χ3v) is 3.43. The van der Waals surface area contributed by atoms with Crippen molar-refractivity contribution < 1.29 is 9.53 Å². The van der Waals surface area contributed by atoms with Gasteiger partial charge in [0.15, 0.2) is 0 Å². The summed E-state index contributed by atoms with van der Waals surface area (Å²) in [4.78, 5) is 20.3. The van der Waals surface area contributed by atoms with Gasteiger partial charge in [0, 0.05) is 32.9 Å². The van der Waals surface area contributed by atoms with Gasteiger partial charge >= 0.3 is 0 Å². The lowest BCUT2D eigenvalue weighted by Crippen LogP contribution is -2.24. The lowest BCUT2D eigenvalue weighted by Gasteiger charge is -2.09. The minimum Gasteiger partial charge on any atom is -0.385 e. The molecule has 0 spiro atoms. The van der Waals surface area contributed by atoms with Crippen LogP contribution in [0.1, 0.15) is 28.0 Å². The van der Waals surface area contributed by atoms with Crippen LogP contribution in [0.3, 0.4) is 0 Å². The number of benzene rings is 1. The van der Waals surface area contributed by atoms with Crippen LogP contribution in [0.2, 0.25) is 0 Å². The summed E-state index contributed by atoms with van der Waals surface area (Å²) < 4.78 is 4.99. The second-order valence-corrected chi connectivity index (χ2v) is 5.17. The topological polar surface area (TPSA) is 76.1 Å². The molecule has 2 N–H and O–H groups in total. The second-order valence-electron chi connectivity index (χ2n) is 5.17. The van der Waals surface area contributed by atoms with Crippen LogP contribution >= 0.6 is 0 Å². The molecule has 6 heteroatoms. The maximum atomic E-state index is 12.2. The number of ether oxygens (including phenoxy) is 1. The molecule has 2 rings (SSSR count). The van der Waals surface area contributed by atoms with Crippen molar-refractivity contribution >= 4 is 11.7 Å². The van der Waals surface area contributed by atoms with Crippen molar-refractivity contribution in [3.63, 3.8) is 0 Å². The molecule has 122 valence electrons. The van der Waals surface area contributed by atoms with Crippen molar-refractivity contribution in [2.75, 3.05) is 25.6 Å². The Morgan fingerprint density at radius 2 is 2.09 bits per heavy atom. The molecule has 0 aliphatic rings. The van der Waals surface area contributed by atoms with Crippen LogP contribution in [0.15, 0.2) is 36.7 Å². The van der Waals surface area contributed by atoms with E-state index in [1.54, 1.807) is 13.2 Å². The lowest BCUT2D eigenvalue weighted by atomic mass is 10.1. The molecule has 0 atom stereocenters. The second kappa shape index (κ2) is 8.85. The maximum absolute atomic E-state index is 12.2. The predicted molar refractivity (Wildman–Crippen MR) is 89.4 cm³/mol. The maximum Gasteiger partial charge on any atom is 0.270 e. The van der Waals surface area contributed by atoms with Crippen LogP contribution < -0.4 is 10.6 Å². The summed E-state index contributed by atoms with van der Waals surface area (Å²) in [5.74, 6) is 0.424. The molecule has 0 aliphatic carbocycles. The number of aryl methyl sites for hydroxylation is 1. The van der Waals surface area contributed by atoms with Gasteiger partial charge in [-0.1, -0.05) is 24.3 Å². The van der Waals surface area contributed by atoms with E-state index in [0.29, 0.717) is 24.7 Å². The van der Waals surface area contributed by atoms with Gasteiger partial charge in [0.1, 0.15) is 17.8 Å². The molecule has 0 unspecified atom stereocenters. The summed E-state index contributed by atoms with van der Waals surface area (Å²) in [6.45, 7) is 3.91. The third-order valence-electron chi connectivity index (χ3n) is 3.43. The largest absolute Gasteiger partial charge is 0.385 e. The number of hydrogen-bond acceptors (Lipinski definition) is 5. The first-order valence-corrected chi connectivity index (χ1v) is 7.58. The first-order chi connectivity index (χ1) is 11.2. The highest BCUT2D eigenvalue weighted by Crippen LogP contribution is 2.08. The summed E-state index contributed by atoms with van der Waals surface area (Å²) in [5.41, 5.74) is 2.59. The Kier molecular flexibility index (Phi) is 6.50. The zero-order valence-electron chi connectivity index (χ0n) is 13.5. The molecule has 1 aromatic heterocycles. The Bertz CT molecular complexity index is 646. The molecule has 2 aromatic rings. The van der Waals surface area contributed by atoms with Crippen molar-refractivity contribution in [1.82, 2.24) is 15.3 Å². The molecule has 23 heavy (non-hydrogen) atoms. The SMILES string of the molecule is COCCCNc1cc(C(=O)NCc2ccccc2C)ncn1. The Morgan fingerprint density at radius 3 is 2.87 bits per heavy atom. The molecule has 1 amide bonds. The Labute approximate surface area is 136 Å². The smallest absolute Gasteiger partial charge is 0.270 e. The number of carbonyl (C=O) groups is 1. The first kappa shape index (κ1) is 16.9. The molecule has 0 saturated heterocycles. The molecule has 0 radical (unpaired) electrons. The van der Waals surface area contributed by atoms with Gasteiger partial charge in [-0.05, 0) is 24.5 Å². The van der Waals surface area contributed by atoms with E-state index in [1.807, 2.05) is 31.2 Å². The van der Waals surface area contributed by atoms with E-state index in [2.05, 4.69) is 20.6 Å². The number of anilines is 1. The molecule has 0 bridgehead atoms. The summed E-state index contributed by atoms with van der Waals surface area (Å²) in [7, 11) is 1.67. The van der Waals surface area contributed by atoms with Crippen LogP contribution in [0.5, 0.6) is 0 Å². The van der Waals surface area contributed by atoms with Gasteiger partial charge in [-0.2, -0.15) is 0 Å².